The van der Waals surface area contributed by atoms with Gasteiger partial charge in [-0.3, -0.25) is 4.79 Å². The molecule has 1 amide bonds. The predicted molar refractivity (Wildman–Crippen MR) is 83.3 cm³/mol. The van der Waals surface area contributed by atoms with Crippen LogP contribution in [0.25, 0.3) is 0 Å². The number of nitrogens with one attached hydrogen (secondary N) is 1. The van der Waals surface area contributed by atoms with E-state index in [0.29, 0.717) is 11.0 Å². The fraction of sp³-hybridized carbons (Fsp3) is 0.467. The number of guanidine groups is 1. The van der Waals surface area contributed by atoms with Crippen LogP contribution in [-0.2, 0) is 4.79 Å². The molecule has 0 unspecified atom stereocenters. The molecular weight excluding hydrogens is 274 g/mol. The number of aliphatic imine (C=N–C) groups is 1. The summed E-state index contributed by atoms with van der Waals surface area (Å²) in [6.07, 6.45) is 0. The van der Waals surface area contributed by atoms with Crippen molar-refractivity contribution >= 4 is 29.2 Å². The van der Waals surface area contributed by atoms with Crippen molar-refractivity contribution in [1.29, 1.82) is 0 Å². The number of rotatable bonds is 1. The van der Waals surface area contributed by atoms with E-state index < -0.39 is 5.54 Å². The summed E-state index contributed by atoms with van der Waals surface area (Å²) >= 11 is 5.90. The number of nitrogens with zero attached hydrogens (tertiary/aromatic N) is 2. The molecule has 0 spiro atoms. The molecule has 1 aromatic rings. The van der Waals surface area contributed by atoms with E-state index >= 15 is 0 Å². The second-order valence-electron chi connectivity index (χ2n) is 6.49. The maximum Gasteiger partial charge on any atom is 0.261 e. The molecule has 20 heavy (non-hydrogen) atoms. The molecular formula is C15H20ClN3O. The molecule has 0 aliphatic carbocycles. The highest BCUT2D eigenvalue weighted by molar-refractivity contribution is 6.31. The molecule has 1 aromatic carbocycles. The van der Waals surface area contributed by atoms with Crippen molar-refractivity contribution in [3.05, 3.63) is 29.3 Å². The number of hydrogen-bond donors (Lipinski definition) is 1. The molecule has 0 bridgehead atoms. The SMILES string of the molecule is CC(C)(C)NC1=NC(C)(C)C(=O)N1c1ccc(Cl)cc1. The van der Waals surface area contributed by atoms with Gasteiger partial charge in [0.1, 0.15) is 5.54 Å². The van der Waals surface area contributed by atoms with Crippen LogP contribution < -0.4 is 10.2 Å². The van der Waals surface area contributed by atoms with Crippen molar-refractivity contribution in [2.45, 2.75) is 45.7 Å². The number of amides is 1. The highest BCUT2D eigenvalue weighted by Gasteiger charge is 2.42. The van der Waals surface area contributed by atoms with E-state index in [-0.39, 0.29) is 11.4 Å². The molecule has 0 aromatic heterocycles. The Hall–Kier alpha value is -1.55. The molecule has 1 heterocycles. The highest BCUT2D eigenvalue weighted by atomic mass is 35.5. The number of carbonyl (C=O) groups excluding carboxylic acids is 1. The summed E-state index contributed by atoms with van der Waals surface area (Å²) in [5, 5.41) is 3.93. The average molecular weight is 294 g/mol. The van der Waals surface area contributed by atoms with Gasteiger partial charge in [-0.1, -0.05) is 11.6 Å². The van der Waals surface area contributed by atoms with Crippen LogP contribution in [0.15, 0.2) is 29.3 Å². The Kier molecular flexibility index (Phi) is 3.54. The number of carbonyl (C=O) groups is 1. The monoisotopic (exact) mass is 293 g/mol. The largest absolute Gasteiger partial charge is 0.351 e. The van der Waals surface area contributed by atoms with Gasteiger partial charge in [0, 0.05) is 10.6 Å². The van der Waals surface area contributed by atoms with E-state index in [9.17, 15) is 4.79 Å². The third-order valence-electron chi connectivity index (χ3n) is 2.90. The molecule has 1 aliphatic rings. The Morgan fingerprint density at radius 3 is 2.25 bits per heavy atom. The van der Waals surface area contributed by atoms with Gasteiger partial charge in [-0.05, 0) is 58.9 Å². The minimum Gasteiger partial charge on any atom is -0.351 e. The molecule has 0 saturated carbocycles. The maximum atomic E-state index is 12.5. The van der Waals surface area contributed by atoms with Crippen LogP contribution in [0.3, 0.4) is 0 Å². The van der Waals surface area contributed by atoms with Crippen molar-refractivity contribution < 1.29 is 4.79 Å². The summed E-state index contributed by atoms with van der Waals surface area (Å²) in [5.41, 5.74) is -0.169. The molecule has 5 heteroatoms. The molecule has 0 radical (unpaired) electrons. The second-order valence-corrected chi connectivity index (χ2v) is 6.92. The summed E-state index contributed by atoms with van der Waals surface area (Å²) in [4.78, 5) is 18.7. The van der Waals surface area contributed by atoms with Crippen molar-refractivity contribution in [1.82, 2.24) is 5.32 Å². The molecule has 1 aliphatic heterocycles. The van der Waals surface area contributed by atoms with Crippen LogP contribution in [0.4, 0.5) is 5.69 Å². The summed E-state index contributed by atoms with van der Waals surface area (Å²) < 4.78 is 0. The Morgan fingerprint density at radius 2 is 1.75 bits per heavy atom. The van der Waals surface area contributed by atoms with Crippen molar-refractivity contribution in [3.8, 4) is 0 Å². The van der Waals surface area contributed by atoms with Crippen molar-refractivity contribution in [2.75, 3.05) is 4.90 Å². The Morgan fingerprint density at radius 1 is 1.20 bits per heavy atom. The second kappa shape index (κ2) is 4.77. The third kappa shape index (κ3) is 2.96. The molecule has 1 N–H and O–H groups in total. The highest BCUT2D eigenvalue weighted by Crippen LogP contribution is 2.28. The first-order valence-electron chi connectivity index (χ1n) is 6.58. The Bertz CT molecular complexity index is 555. The molecule has 108 valence electrons. The number of halogens is 1. The molecule has 2 rings (SSSR count). The van der Waals surface area contributed by atoms with Crippen LogP contribution in [0.2, 0.25) is 5.02 Å². The van der Waals surface area contributed by atoms with Gasteiger partial charge in [-0.15, -0.1) is 0 Å². The molecule has 0 saturated heterocycles. The van der Waals surface area contributed by atoms with Gasteiger partial charge < -0.3 is 5.32 Å². The lowest BCUT2D eigenvalue weighted by Crippen LogP contribution is -2.50. The van der Waals surface area contributed by atoms with Crippen molar-refractivity contribution in [3.63, 3.8) is 0 Å². The fourth-order valence-electron chi connectivity index (χ4n) is 1.98. The smallest absolute Gasteiger partial charge is 0.261 e. The van der Waals surface area contributed by atoms with Gasteiger partial charge in [0.15, 0.2) is 0 Å². The van der Waals surface area contributed by atoms with E-state index in [1.807, 2.05) is 46.8 Å². The van der Waals surface area contributed by atoms with E-state index in [1.165, 1.54) is 0 Å². The van der Waals surface area contributed by atoms with E-state index in [2.05, 4.69) is 10.3 Å². The van der Waals surface area contributed by atoms with Gasteiger partial charge in [-0.25, -0.2) is 9.89 Å². The first-order valence-corrected chi connectivity index (χ1v) is 6.96. The van der Waals surface area contributed by atoms with E-state index in [0.717, 1.165) is 5.69 Å². The summed E-state index contributed by atoms with van der Waals surface area (Å²) in [6.45, 7) is 9.73. The Balaban J connectivity index is 2.41. The topological polar surface area (TPSA) is 44.7 Å². The van der Waals surface area contributed by atoms with Gasteiger partial charge in [0.25, 0.3) is 5.91 Å². The summed E-state index contributed by atoms with van der Waals surface area (Å²) in [7, 11) is 0. The predicted octanol–water partition coefficient (Wildman–Crippen LogP) is 3.21. The summed E-state index contributed by atoms with van der Waals surface area (Å²) in [5.74, 6) is 0.529. The quantitative estimate of drug-likeness (QED) is 0.864. The lowest BCUT2D eigenvalue weighted by atomic mass is 10.1. The average Bonchev–Trinajstić information content (AvgIpc) is 2.49. The zero-order valence-electron chi connectivity index (χ0n) is 12.5. The number of hydrogen-bond acceptors (Lipinski definition) is 3. The number of anilines is 1. The van der Waals surface area contributed by atoms with Crippen LogP contribution in [0.5, 0.6) is 0 Å². The lowest BCUT2D eigenvalue weighted by Gasteiger charge is -2.27. The summed E-state index contributed by atoms with van der Waals surface area (Å²) in [6, 6.07) is 7.18. The third-order valence-corrected chi connectivity index (χ3v) is 3.15. The fourth-order valence-corrected chi connectivity index (χ4v) is 2.11. The standard InChI is InChI=1S/C15H20ClN3O/c1-14(2,3)17-13-18-15(4,5)12(20)19(13)11-8-6-10(16)7-9-11/h6-9H,1-5H3,(H,17,18). The van der Waals surface area contributed by atoms with Crippen LogP contribution in [-0.4, -0.2) is 22.9 Å². The first kappa shape index (κ1) is 14.9. The molecule has 4 nitrogen and oxygen atoms in total. The van der Waals surface area contributed by atoms with Crippen LogP contribution >= 0.6 is 11.6 Å². The van der Waals surface area contributed by atoms with Crippen LogP contribution in [0, 0.1) is 0 Å². The van der Waals surface area contributed by atoms with Crippen LogP contribution in [0.1, 0.15) is 34.6 Å². The minimum absolute atomic E-state index is 0.0495. The molecule has 0 atom stereocenters. The Labute approximate surface area is 124 Å². The zero-order valence-corrected chi connectivity index (χ0v) is 13.2. The van der Waals surface area contributed by atoms with Gasteiger partial charge >= 0.3 is 0 Å². The maximum absolute atomic E-state index is 12.5. The first-order chi connectivity index (χ1) is 9.10. The normalized spacial score (nSPS) is 18.2. The minimum atomic E-state index is -0.757. The van der Waals surface area contributed by atoms with Gasteiger partial charge in [-0.2, -0.15) is 0 Å². The van der Waals surface area contributed by atoms with E-state index in [4.69, 9.17) is 11.6 Å². The van der Waals surface area contributed by atoms with Crippen molar-refractivity contribution in [2.24, 2.45) is 4.99 Å². The lowest BCUT2D eigenvalue weighted by molar-refractivity contribution is -0.120. The molecule has 0 fully saturated rings. The van der Waals surface area contributed by atoms with E-state index in [1.54, 1.807) is 17.0 Å². The van der Waals surface area contributed by atoms with Gasteiger partial charge in [0.2, 0.25) is 5.96 Å². The zero-order chi connectivity index (χ0) is 15.1. The van der Waals surface area contributed by atoms with Gasteiger partial charge in [0.05, 0.1) is 5.69 Å². The number of benzene rings is 1.